The van der Waals surface area contributed by atoms with E-state index in [1.807, 2.05) is 10.3 Å². The van der Waals surface area contributed by atoms with Gasteiger partial charge in [0, 0.05) is 25.0 Å². The Morgan fingerprint density at radius 2 is 2.28 bits per heavy atom. The maximum Gasteiger partial charge on any atom is 0.229 e. The summed E-state index contributed by atoms with van der Waals surface area (Å²) in [5, 5.41) is 2.79. The Kier molecular flexibility index (Phi) is 4.97. The number of likely N-dealkylation sites (N-methyl/N-ethyl adjacent to an activating group) is 1. The summed E-state index contributed by atoms with van der Waals surface area (Å²) in [7, 11) is 2.10. The lowest BCUT2D eigenvalue weighted by Gasteiger charge is -2.19. The number of hydrogen-bond donors (Lipinski definition) is 0. The average Bonchev–Trinajstić information content (AvgIpc) is 2.69. The number of carbonyl (C=O) groups is 1. The van der Waals surface area contributed by atoms with E-state index in [9.17, 15) is 4.79 Å². The van der Waals surface area contributed by atoms with Gasteiger partial charge in [0.25, 0.3) is 0 Å². The summed E-state index contributed by atoms with van der Waals surface area (Å²) in [4.78, 5) is 20.7. The molecule has 4 nitrogen and oxygen atoms in total. The Morgan fingerprint density at radius 3 is 3.00 bits per heavy atom. The number of aromatic nitrogens is 1. The minimum atomic E-state index is 0.181. The maximum absolute atomic E-state index is 12.2. The van der Waals surface area contributed by atoms with Crippen molar-refractivity contribution in [3.8, 4) is 0 Å². The van der Waals surface area contributed by atoms with E-state index in [2.05, 4.69) is 16.9 Å². The number of halogens is 1. The first-order valence-corrected chi connectivity index (χ1v) is 7.56. The van der Waals surface area contributed by atoms with Crippen LogP contribution in [0.25, 0.3) is 0 Å². The van der Waals surface area contributed by atoms with Gasteiger partial charge in [0.05, 0.1) is 18.0 Å². The second-order valence-corrected chi connectivity index (χ2v) is 5.79. The van der Waals surface area contributed by atoms with E-state index in [1.54, 1.807) is 0 Å². The molecule has 1 aromatic rings. The highest BCUT2D eigenvalue weighted by Crippen LogP contribution is 2.13. The fourth-order valence-corrected chi connectivity index (χ4v) is 3.04. The Bertz CT molecular complexity index is 410. The van der Waals surface area contributed by atoms with Crippen molar-refractivity contribution in [2.24, 2.45) is 0 Å². The molecular weight excluding hydrogens is 270 g/mol. The van der Waals surface area contributed by atoms with Crippen molar-refractivity contribution in [2.45, 2.75) is 18.7 Å². The molecule has 0 atom stereocenters. The number of rotatable bonds is 3. The topological polar surface area (TPSA) is 36.4 Å². The van der Waals surface area contributed by atoms with Gasteiger partial charge in [-0.15, -0.1) is 22.9 Å². The number of alkyl halides is 1. The first-order chi connectivity index (χ1) is 8.69. The molecule has 1 aromatic heterocycles. The van der Waals surface area contributed by atoms with Crippen LogP contribution in [0.2, 0.25) is 0 Å². The predicted octanol–water partition coefficient (Wildman–Crippen LogP) is 1.59. The molecule has 1 aliphatic rings. The van der Waals surface area contributed by atoms with E-state index in [4.69, 9.17) is 11.6 Å². The van der Waals surface area contributed by atoms with Crippen LogP contribution in [0.4, 0.5) is 0 Å². The second kappa shape index (κ2) is 6.50. The molecule has 0 aromatic carbocycles. The van der Waals surface area contributed by atoms with E-state index in [1.165, 1.54) is 11.3 Å². The Morgan fingerprint density at radius 1 is 1.44 bits per heavy atom. The summed E-state index contributed by atoms with van der Waals surface area (Å²) in [6, 6.07) is 0. The van der Waals surface area contributed by atoms with Crippen LogP contribution in [0, 0.1) is 0 Å². The minimum Gasteiger partial charge on any atom is -0.341 e. The summed E-state index contributed by atoms with van der Waals surface area (Å²) < 4.78 is 0. The molecule has 100 valence electrons. The van der Waals surface area contributed by atoms with E-state index < -0.39 is 0 Å². The van der Waals surface area contributed by atoms with Gasteiger partial charge in [-0.25, -0.2) is 4.98 Å². The fraction of sp³-hybridized carbons (Fsp3) is 0.667. The number of nitrogens with zero attached hydrogens (tertiary/aromatic N) is 3. The monoisotopic (exact) mass is 287 g/mol. The lowest BCUT2D eigenvalue weighted by molar-refractivity contribution is -0.130. The highest BCUT2D eigenvalue weighted by atomic mass is 35.5. The SMILES string of the molecule is CN1CCCN(C(=O)Cc2nc(CCl)cs2)CC1. The van der Waals surface area contributed by atoms with E-state index >= 15 is 0 Å². The largest absolute Gasteiger partial charge is 0.341 e. The van der Waals surface area contributed by atoms with Crippen LogP contribution in [-0.2, 0) is 17.1 Å². The van der Waals surface area contributed by atoms with Gasteiger partial charge in [0.15, 0.2) is 0 Å². The fourth-order valence-electron chi connectivity index (χ4n) is 2.03. The minimum absolute atomic E-state index is 0.181. The van der Waals surface area contributed by atoms with Crippen molar-refractivity contribution in [3.63, 3.8) is 0 Å². The molecule has 1 fully saturated rings. The molecular formula is C12H18ClN3OS. The molecule has 0 saturated carbocycles. The molecule has 1 saturated heterocycles. The Hall–Kier alpha value is -0.650. The van der Waals surface area contributed by atoms with Gasteiger partial charge in [0.2, 0.25) is 5.91 Å². The van der Waals surface area contributed by atoms with Gasteiger partial charge in [-0.2, -0.15) is 0 Å². The van der Waals surface area contributed by atoms with Crippen LogP contribution in [-0.4, -0.2) is 53.9 Å². The van der Waals surface area contributed by atoms with Gasteiger partial charge < -0.3 is 9.80 Å². The number of amides is 1. The third-order valence-corrected chi connectivity index (χ3v) is 4.28. The molecule has 0 bridgehead atoms. The standard InChI is InChI=1S/C12H18ClN3OS/c1-15-3-2-4-16(6-5-15)12(17)7-11-14-10(8-13)9-18-11/h9H,2-8H2,1H3. The molecule has 1 amide bonds. The quantitative estimate of drug-likeness (QED) is 0.792. The Labute approximate surface area is 117 Å². The highest BCUT2D eigenvalue weighted by molar-refractivity contribution is 7.09. The lowest BCUT2D eigenvalue weighted by Crippen LogP contribution is -2.35. The molecule has 2 rings (SSSR count). The predicted molar refractivity (Wildman–Crippen MR) is 74.1 cm³/mol. The maximum atomic E-state index is 12.2. The molecule has 0 unspecified atom stereocenters. The highest BCUT2D eigenvalue weighted by Gasteiger charge is 2.18. The van der Waals surface area contributed by atoms with Crippen LogP contribution < -0.4 is 0 Å². The molecule has 2 heterocycles. The second-order valence-electron chi connectivity index (χ2n) is 4.58. The van der Waals surface area contributed by atoms with Crippen molar-refractivity contribution < 1.29 is 4.79 Å². The molecule has 18 heavy (non-hydrogen) atoms. The zero-order chi connectivity index (χ0) is 13.0. The Balaban J connectivity index is 1.90. The van der Waals surface area contributed by atoms with Gasteiger partial charge >= 0.3 is 0 Å². The zero-order valence-electron chi connectivity index (χ0n) is 10.6. The average molecular weight is 288 g/mol. The molecule has 0 aliphatic carbocycles. The van der Waals surface area contributed by atoms with Crippen molar-refractivity contribution >= 4 is 28.8 Å². The zero-order valence-corrected chi connectivity index (χ0v) is 12.1. The van der Waals surface area contributed by atoms with E-state index in [0.29, 0.717) is 12.3 Å². The van der Waals surface area contributed by atoms with Gasteiger partial charge in [-0.05, 0) is 20.0 Å². The van der Waals surface area contributed by atoms with Crippen LogP contribution in [0.5, 0.6) is 0 Å². The van der Waals surface area contributed by atoms with Crippen LogP contribution in [0.1, 0.15) is 17.1 Å². The van der Waals surface area contributed by atoms with E-state index in [0.717, 1.165) is 43.3 Å². The summed E-state index contributed by atoms with van der Waals surface area (Å²) in [5.74, 6) is 0.597. The molecule has 0 N–H and O–H groups in total. The first-order valence-electron chi connectivity index (χ1n) is 6.14. The number of thiazole rings is 1. The van der Waals surface area contributed by atoms with Gasteiger partial charge in [-0.1, -0.05) is 0 Å². The third-order valence-electron chi connectivity index (χ3n) is 3.11. The summed E-state index contributed by atoms with van der Waals surface area (Å²) in [5.41, 5.74) is 0.861. The summed E-state index contributed by atoms with van der Waals surface area (Å²) in [6.07, 6.45) is 1.46. The third kappa shape index (κ3) is 3.67. The van der Waals surface area contributed by atoms with Crippen LogP contribution in [0.15, 0.2) is 5.38 Å². The van der Waals surface area contributed by atoms with Crippen LogP contribution >= 0.6 is 22.9 Å². The molecule has 0 radical (unpaired) electrons. The smallest absolute Gasteiger partial charge is 0.229 e. The number of carbonyl (C=O) groups excluding carboxylic acids is 1. The van der Waals surface area contributed by atoms with Crippen molar-refractivity contribution in [2.75, 3.05) is 33.2 Å². The molecule has 0 spiro atoms. The van der Waals surface area contributed by atoms with Crippen molar-refractivity contribution in [1.29, 1.82) is 0 Å². The first kappa shape index (κ1) is 13.8. The summed E-state index contributed by atoms with van der Waals surface area (Å²) >= 11 is 7.23. The van der Waals surface area contributed by atoms with Gasteiger partial charge in [0.1, 0.15) is 5.01 Å². The molecule has 1 aliphatic heterocycles. The lowest BCUT2D eigenvalue weighted by atomic mass is 10.3. The van der Waals surface area contributed by atoms with Crippen molar-refractivity contribution in [3.05, 3.63) is 16.1 Å². The van der Waals surface area contributed by atoms with Crippen LogP contribution in [0.3, 0.4) is 0 Å². The normalized spacial score (nSPS) is 17.8. The van der Waals surface area contributed by atoms with Gasteiger partial charge in [-0.3, -0.25) is 4.79 Å². The van der Waals surface area contributed by atoms with Crippen molar-refractivity contribution in [1.82, 2.24) is 14.8 Å². The number of hydrogen-bond acceptors (Lipinski definition) is 4. The summed E-state index contributed by atoms with van der Waals surface area (Å²) in [6.45, 7) is 3.70. The molecule has 6 heteroatoms. The van der Waals surface area contributed by atoms with E-state index in [-0.39, 0.29) is 5.91 Å².